The molecule has 3 nitrogen and oxygen atoms in total. The molecule has 0 spiro atoms. The normalized spacial score (nSPS) is 10.6. The number of thioether (sulfide) groups is 1. The number of carbonyl (C=O) groups is 1. The van der Waals surface area contributed by atoms with Crippen LogP contribution in [0.1, 0.15) is 27.2 Å². The monoisotopic (exact) mass is 372 g/mol. The molecule has 0 radical (unpaired) electrons. The Kier molecular flexibility index (Phi) is 5.83. The molecule has 128 valence electrons. The number of benzene rings is 2. The van der Waals surface area contributed by atoms with E-state index in [1.54, 1.807) is 35.2 Å². The third kappa shape index (κ3) is 4.90. The lowest BCUT2D eigenvalue weighted by molar-refractivity contribution is 0.0950. The second-order valence-electron chi connectivity index (χ2n) is 5.51. The topological polar surface area (TPSA) is 42.0 Å². The van der Waals surface area contributed by atoms with Crippen LogP contribution in [-0.2, 0) is 12.3 Å². The van der Waals surface area contributed by atoms with Crippen LogP contribution >= 0.6 is 23.1 Å². The van der Waals surface area contributed by atoms with E-state index in [4.69, 9.17) is 0 Å². The van der Waals surface area contributed by atoms with Crippen LogP contribution in [0.3, 0.4) is 0 Å². The molecule has 0 bridgehead atoms. The van der Waals surface area contributed by atoms with Gasteiger partial charge in [0.15, 0.2) is 0 Å². The molecule has 0 aliphatic heterocycles. The van der Waals surface area contributed by atoms with E-state index >= 15 is 0 Å². The lowest BCUT2D eigenvalue weighted by atomic mass is 10.1. The number of amides is 1. The summed E-state index contributed by atoms with van der Waals surface area (Å²) in [6.07, 6.45) is 0. The Bertz CT molecular complexity index is 862. The number of aromatic nitrogens is 1. The van der Waals surface area contributed by atoms with Crippen LogP contribution in [0.4, 0.5) is 4.39 Å². The summed E-state index contributed by atoms with van der Waals surface area (Å²) in [6.45, 7) is 2.34. The zero-order valence-corrected chi connectivity index (χ0v) is 15.3. The lowest BCUT2D eigenvalue weighted by Gasteiger charge is -2.10. The fourth-order valence-electron chi connectivity index (χ4n) is 2.29. The summed E-state index contributed by atoms with van der Waals surface area (Å²) in [5.74, 6) is 0.276. The Morgan fingerprint density at radius 1 is 1.20 bits per heavy atom. The standard InChI is InChI=1S/C19H17FN2OS2/c1-13-11-24-19(22-13)25-12-15-4-2-3-5-17(15)18(23)21-10-14-6-8-16(20)9-7-14/h2-9,11H,10,12H2,1H3,(H,21,23). The number of hydrogen-bond donors (Lipinski definition) is 1. The maximum Gasteiger partial charge on any atom is 0.251 e. The number of nitrogens with one attached hydrogen (secondary N) is 1. The van der Waals surface area contributed by atoms with Gasteiger partial charge >= 0.3 is 0 Å². The van der Waals surface area contributed by atoms with Gasteiger partial charge in [-0.1, -0.05) is 42.1 Å². The highest BCUT2D eigenvalue weighted by atomic mass is 32.2. The predicted molar refractivity (Wildman–Crippen MR) is 100 cm³/mol. The molecule has 3 rings (SSSR count). The molecule has 3 aromatic rings. The number of halogens is 1. The van der Waals surface area contributed by atoms with Gasteiger partial charge in [0.25, 0.3) is 5.91 Å². The van der Waals surface area contributed by atoms with E-state index in [1.807, 2.05) is 36.6 Å². The summed E-state index contributed by atoms with van der Waals surface area (Å²) in [6, 6.07) is 13.7. The quantitative estimate of drug-likeness (QED) is 0.631. The Labute approximate surface area is 154 Å². The second kappa shape index (κ2) is 8.27. The van der Waals surface area contributed by atoms with Gasteiger partial charge in [0, 0.05) is 28.9 Å². The average Bonchev–Trinajstić information content (AvgIpc) is 3.05. The van der Waals surface area contributed by atoms with Crippen molar-refractivity contribution >= 4 is 29.0 Å². The first-order chi connectivity index (χ1) is 12.1. The maximum atomic E-state index is 12.9. The van der Waals surface area contributed by atoms with Crippen molar-refractivity contribution in [1.82, 2.24) is 10.3 Å². The summed E-state index contributed by atoms with van der Waals surface area (Å²) >= 11 is 3.24. The van der Waals surface area contributed by atoms with Gasteiger partial charge in [-0.3, -0.25) is 4.79 Å². The molecule has 1 heterocycles. The number of hydrogen-bond acceptors (Lipinski definition) is 4. The van der Waals surface area contributed by atoms with Crippen LogP contribution in [0.5, 0.6) is 0 Å². The molecule has 0 saturated carbocycles. The highest BCUT2D eigenvalue weighted by Gasteiger charge is 2.11. The van der Waals surface area contributed by atoms with Crippen molar-refractivity contribution in [3.05, 3.63) is 82.1 Å². The largest absolute Gasteiger partial charge is 0.348 e. The summed E-state index contributed by atoms with van der Waals surface area (Å²) in [5.41, 5.74) is 3.50. The Hall–Kier alpha value is -2.18. The third-order valence-corrected chi connectivity index (χ3v) is 5.77. The van der Waals surface area contributed by atoms with Crippen LogP contribution in [-0.4, -0.2) is 10.9 Å². The molecule has 1 N–H and O–H groups in total. The lowest BCUT2D eigenvalue weighted by Crippen LogP contribution is -2.23. The fraction of sp³-hybridized carbons (Fsp3) is 0.158. The summed E-state index contributed by atoms with van der Waals surface area (Å²) in [7, 11) is 0. The van der Waals surface area contributed by atoms with E-state index in [0.29, 0.717) is 17.9 Å². The third-order valence-electron chi connectivity index (χ3n) is 3.58. The van der Waals surface area contributed by atoms with Crippen molar-refractivity contribution < 1.29 is 9.18 Å². The SMILES string of the molecule is Cc1csc(SCc2ccccc2C(=O)NCc2ccc(F)cc2)n1. The number of aryl methyl sites for hydroxylation is 1. The zero-order valence-electron chi connectivity index (χ0n) is 13.7. The zero-order chi connectivity index (χ0) is 17.6. The van der Waals surface area contributed by atoms with Gasteiger partial charge < -0.3 is 5.32 Å². The Morgan fingerprint density at radius 2 is 1.96 bits per heavy atom. The molecule has 25 heavy (non-hydrogen) atoms. The van der Waals surface area contributed by atoms with Crippen LogP contribution in [0.25, 0.3) is 0 Å². The van der Waals surface area contributed by atoms with Crippen LogP contribution in [0.2, 0.25) is 0 Å². The second-order valence-corrected chi connectivity index (χ2v) is 7.59. The Balaban J connectivity index is 1.64. The van der Waals surface area contributed by atoms with Gasteiger partial charge in [-0.25, -0.2) is 9.37 Å². The summed E-state index contributed by atoms with van der Waals surface area (Å²) in [4.78, 5) is 16.9. The number of rotatable bonds is 6. The van der Waals surface area contributed by atoms with Gasteiger partial charge in [0.05, 0.1) is 0 Å². The molecule has 0 aliphatic rings. The first-order valence-electron chi connectivity index (χ1n) is 7.77. The number of carbonyl (C=O) groups excluding carboxylic acids is 1. The molecule has 2 aromatic carbocycles. The molecule has 1 amide bonds. The van der Waals surface area contributed by atoms with Crippen molar-refractivity contribution in [2.45, 2.75) is 23.6 Å². The van der Waals surface area contributed by atoms with E-state index in [9.17, 15) is 9.18 Å². The maximum absolute atomic E-state index is 12.9. The fourth-order valence-corrected chi connectivity index (χ4v) is 4.14. The van der Waals surface area contributed by atoms with Gasteiger partial charge in [-0.2, -0.15) is 0 Å². The van der Waals surface area contributed by atoms with Crippen molar-refractivity contribution in [3.8, 4) is 0 Å². The first-order valence-corrected chi connectivity index (χ1v) is 9.64. The number of nitrogens with zero attached hydrogens (tertiary/aromatic N) is 1. The van der Waals surface area contributed by atoms with E-state index in [2.05, 4.69) is 10.3 Å². The summed E-state index contributed by atoms with van der Waals surface area (Å²) < 4.78 is 13.9. The van der Waals surface area contributed by atoms with E-state index in [1.165, 1.54) is 12.1 Å². The molecule has 0 saturated heterocycles. The molecule has 6 heteroatoms. The van der Waals surface area contributed by atoms with Crippen LogP contribution in [0, 0.1) is 12.7 Å². The van der Waals surface area contributed by atoms with Crippen molar-refractivity contribution in [2.75, 3.05) is 0 Å². The molecular formula is C19H17FN2OS2. The molecule has 0 unspecified atom stereocenters. The summed E-state index contributed by atoms with van der Waals surface area (Å²) in [5, 5.41) is 4.91. The number of thiazole rings is 1. The molecule has 0 aliphatic carbocycles. The molecule has 1 aromatic heterocycles. The highest BCUT2D eigenvalue weighted by molar-refractivity contribution is 8.00. The van der Waals surface area contributed by atoms with Gasteiger partial charge in [0.2, 0.25) is 0 Å². The van der Waals surface area contributed by atoms with Crippen molar-refractivity contribution in [2.24, 2.45) is 0 Å². The minimum atomic E-state index is -0.283. The van der Waals surface area contributed by atoms with Crippen molar-refractivity contribution in [3.63, 3.8) is 0 Å². The smallest absolute Gasteiger partial charge is 0.251 e. The molecular weight excluding hydrogens is 355 g/mol. The average molecular weight is 372 g/mol. The highest BCUT2D eigenvalue weighted by Crippen LogP contribution is 2.27. The predicted octanol–water partition coefficient (Wildman–Crippen LogP) is 4.81. The van der Waals surface area contributed by atoms with Gasteiger partial charge in [-0.15, -0.1) is 11.3 Å². The van der Waals surface area contributed by atoms with Gasteiger partial charge in [0.1, 0.15) is 10.2 Å². The van der Waals surface area contributed by atoms with Gasteiger partial charge in [-0.05, 0) is 36.2 Å². The van der Waals surface area contributed by atoms with E-state index < -0.39 is 0 Å². The first kappa shape index (κ1) is 17.6. The molecule has 0 atom stereocenters. The van der Waals surface area contributed by atoms with Crippen LogP contribution < -0.4 is 5.32 Å². The minimum Gasteiger partial charge on any atom is -0.348 e. The molecule has 0 fully saturated rings. The van der Waals surface area contributed by atoms with E-state index in [0.717, 1.165) is 21.2 Å². The minimum absolute atomic E-state index is 0.129. The van der Waals surface area contributed by atoms with Crippen molar-refractivity contribution in [1.29, 1.82) is 0 Å². The Morgan fingerprint density at radius 3 is 2.68 bits per heavy atom. The van der Waals surface area contributed by atoms with E-state index in [-0.39, 0.29) is 11.7 Å². The van der Waals surface area contributed by atoms with Crippen LogP contribution in [0.15, 0.2) is 58.3 Å².